The minimum Gasteiger partial charge on any atom is -0.414 e. The molecule has 0 saturated carbocycles. The average molecular weight is 335 g/mol. The molecule has 22 heavy (non-hydrogen) atoms. The van der Waals surface area contributed by atoms with Crippen molar-refractivity contribution in [2.75, 3.05) is 0 Å². The second-order valence-corrected chi connectivity index (χ2v) is 6.63. The number of nitrogens with zero attached hydrogens (tertiary/aromatic N) is 2. The predicted octanol–water partition coefficient (Wildman–Crippen LogP) is 3.84. The van der Waals surface area contributed by atoms with Crippen LogP contribution in [0.15, 0.2) is 46.2 Å². The number of benzene rings is 1. The molecule has 0 fully saturated rings. The minimum absolute atomic E-state index is 0.0789. The fraction of sp³-hybridized carbons (Fsp3) is 0.250. The first-order valence-corrected chi connectivity index (χ1v) is 8.37. The molecule has 0 saturated heterocycles. The van der Waals surface area contributed by atoms with Crippen molar-refractivity contribution in [3.63, 3.8) is 0 Å². The summed E-state index contributed by atoms with van der Waals surface area (Å²) in [5.74, 6) is 1.22. The van der Waals surface area contributed by atoms with Crippen LogP contribution in [0.4, 0.5) is 0 Å². The summed E-state index contributed by atoms with van der Waals surface area (Å²) in [5.41, 5.74) is 1.18. The zero-order valence-corrected chi connectivity index (χ0v) is 13.9. The van der Waals surface area contributed by atoms with E-state index >= 15 is 0 Å². The van der Waals surface area contributed by atoms with E-state index in [-0.39, 0.29) is 12.1 Å². The highest BCUT2D eigenvalue weighted by atomic mass is 35.5. The maximum Gasteiger partial charge on any atom is 0.274 e. The average Bonchev–Trinajstić information content (AvgIpc) is 3.18. The van der Waals surface area contributed by atoms with Gasteiger partial charge >= 0.3 is 0 Å². The summed E-state index contributed by atoms with van der Waals surface area (Å²) in [4.78, 5) is 0.994. The lowest BCUT2D eigenvalue weighted by atomic mass is 10.1. The lowest BCUT2D eigenvalue weighted by Gasteiger charge is -2.14. The summed E-state index contributed by atoms with van der Waals surface area (Å²) < 4.78 is 5.78. The van der Waals surface area contributed by atoms with Gasteiger partial charge in [-0.25, -0.2) is 0 Å². The van der Waals surface area contributed by atoms with Crippen LogP contribution >= 0.6 is 22.9 Å². The van der Waals surface area contributed by atoms with Crippen molar-refractivity contribution < 1.29 is 9.73 Å². The number of hydrogen-bond donors (Lipinski definition) is 1. The molecule has 3 aromatic rings. The van der Waals surface area contributed by atoms with Gasteiger partial charge in [-0.05, 0) is 37.4 Å². The van der Waals surface area contributed by atoms with Crippen LogP contribution in [-0.4, -0.2) is 10.2 Å². The monoisotopic (exact) mass is 334 g/mol. The van der Waals surface area contributed by atoms with Crippen LogP contribution in [0.3, 0.4) is 0 Å². The first-order chi connectivity index (χ1) is 10.6. The maximum absolute atomic E-state index is 6.05. The van der Waals surface area contributed by atoms with E-state index in [0.717, 1.165) is 9.90 Å². The van der Waals surface area contributed by atoms with Crippen molar-refractivity contribution >= 4 is 22.9 Å². The van der Waals surface area contributed by atoms with Crippen molar-refractivity contribution in [2.24, 2.45) is 0 Å². The van der Waals surface area contributed by atoms with Gasteiger partial charge in [0.2, 0.25) is 0 Å². The largest absolute Gasteiger partial charge is 0.414 e. The third-order valence-corrected chi connectivity index (χ3v) is 4.61. The van der Waals surface area contributed by atoms with Gasteiger partial charge in [-0.2, -0.15) is 0 Å². The van der Waals surface area contributed by atoms with Gasteiger partial charge in [0.05, 0.1) is 4.88 Å². The third kappa shape index (κ3) is 3.38. The first kappa shape index (κ1) is 15.2. The number of aromatic nitrogens is 2. The van der Waals surface area contributed by atoms with Gasteiger partial charge in [0.25, 0.3) is 11.8 Å². The Morgan fingerprint density at radius 2 is 2.00 bits per heavy atom. The summed E-state index contributed by atoms with van der Waals surface area (Å²) >= 11 is 7.64. The van der Waals surface area contributed by atoms with E-state index in [1.165, 1.54) is 5.56 Å². The number of nitrogens with two attached hydrogens (primary N) is 1. The van der Waals surface area contributed by atoms with Crippen molar-refractivity contribution in [3.8, 4) is 10.8 Å². The molecular formula is C16H17ClN3OS+. The van der Waals surface area contributed by atoms with Crippen molar-refractivity contribution in [1.29, 1.82) is 0 Å². The van der Waals surface area contributed by atoms with Gasteiger partial charge in [-0.15, -0.1) is 21.5 Å². The molecule has 1 aromatic carbocycles. The molecule has 6 heteroatoms. The van der Waals surface area contributed by atoms with E-state index < -0.39 is 0 Å². The van der Waals surface area contributed by atoms with Crippen LogP contribution in [-0.2, 0) is 0 Å². The van der Waals surface area contributed by atoms with E-state index in [9.17, 15) is 0 Å². The molecule has 0 spiro atoms. The normalized spacial score (nSPS) is 14.0. The van der Waals surface area contributed by atoms with Crippen molar-refractivity contribution in [2.45, 2.75) is 25.9 Å². The molecule has 0 aliphatic heterocycles. The second-order valence-electron chi connectivity index (χ2n) is 5.25. The third-order valence-electron chi connectivity index (χ3n) is 3.51. The Kier molecular flexibility index (Phi) is 4.57. The Labute approximate surface area is 138 Å². The van der Waals surface area contributed by atoms with E-state index in [4.69, 9.17) is 16.0 Å². The van der Waals surface area contributed by atoms with Gasteiger partial charge in [0, 0.05) is 10.6 Å². The standard InChI is InChI=1S/C16H16ClN3OS/c1-10(12-5-3-6-13(17)9-12)18-11(2)15-19-20-16(21-15)14-7-4-8-22-14/h3-11,18H,1-2H3/p+1/t10-,11-/m1/s1. The molecule has 4 nitrogen and oxygen atoms in total. The Balaban J connectivity index is 1.70. The molecule has 2 atom stereocenters. The molecule has 0 unspecified atom stereocenters. The van der Waals surface area contributed by atoms with Gasteiger partial charge in [0.1, 0.15) is 6.04 Å². The second kappa shape index (κ2) is 6.60. The molecule has 0 aliphatic rings. The Morgan fingerprint density at radius 3 is 2.73 bits per heavy atom. The highest BCUT2D eigenvalue weighted by molar-refractivity contribution is 7.13. The smallest absolute Gasteiger partial charge is 0.274 e. The zero-order chi connectivity index (χ0) is 15.5. The Bertz CT molecular complexity index is 741. The minimum atomic E-state index is 0.0789. The van der Waals surface area contributed by atoms with Gasteiger partial charge in [-0.3, -0.25) is 0 Å². The fourth-order valence-electron chi connectivity index (χ4n) is 2.33. The quantitative estimate of drug-likeness (QED) is 0.771. The molecule has 0 amide bonds. The van der Waals surface area contributed by atoms with Gasteiger partial charge in [0.15, 0.2) is 6.04 Å². The van der Waals surface area contributed by atoms with Crippen LogP contribution in [0.2, 0.25) is 5.02 Å². The molecule has 114 valence electrons. The number of rotatable bonds is 5. The van der Waals surface area contributed by atoms with Crippen LogP contribution in [0, 0.1) is 0 Å². The number of halogens is 1. The summed E-state index contributed by atoms with van der Waals surface area (Å²) in [7, 11) is 0. The lowest BCUT2D eigenvalue weighted by molar-refractivity contribution is -0.730. The number of quaternary nitrogens is 1. The van der Waals surface area contributed by atoms with Gasteiger partial charge in [-0.1, -0.05) is 29.8 Å². The highest BCUT2D eigenvalue weighted by Gasteiger charge is 2.21. The molecule has 0 radical (unpaired) electrons. The SMILES string of the molecule is C[C@@H]([NH2+][C@H](C)c1nnc(-c2cccs2)o1)c1cccc(Cl)c1. The van der Waals surface area contributed by atoms with E-state index in [1.807, 2.05) is 35.7 Å². The van der Waals surface area contributed by atoms with Crippen molar-refractivity contribution in [3.05, 3.63) is 58.3 Å². The number of hydrogen-bond acceptors (Lipinski definition) is 4. The highest BCUT2D eigenvalue weighted by Crippen LogP contribution is 2.24. The Morgan fingerprint density at radius 1 is 1.14 bits per heavy atom. The predicted molar refractivity (Wildman–Crippen MR) is 87.8 cm³/mol. The van der Waals surface area contributed by atoms with Crippen LogP contribution < -0.4 is 5.32 Å². The molecule has 2 aromatic heterocycles. The molecule has 2 N–H and O–H groups in total. The lowest BCUT2D eigenvalue weighted by Crippen LogP contribution is -2.85. The molecule has 3 rings (SSSR count). The van der Waals surface area contributed by atoms with E-state index in [2.05, 4.69) is 35.4 Å². The first-order valence-electron chi connectivity index (χ1n) is 7.11. The van der Waals surface area contributed by atoms with Gasteiger partial charge < -0.3 is 9.73 Å². The Hall–Kier alpha value is -1.69. The van der Waals surface area contributed by atoms with E-state index in [1.54, 1.807) is 11.3 Å². The van der Waals surface area contributed by atoms with Crippen LogP contribution in [0.1, 0.15) is 37.4 Å². The summed E-state index contributed by atoms with van der Waals surface area (Å²) in [6, 6.07) is 12.2. The van der Waals surface area contributed by atoms with Crippen LogP contribution in [0.5, 0.6) is 0 Å². The zero-order valence-electron chi connectivity index (χ0n) is 12.4. The fourth-order valence-corrected chi connectivity index (χ4v) is 3.18. The van der Waals surface area contributed by atoms with E-state index in [0.29, 0.717) is 11.8 Å². The van der Waals surface area contributed by atoms with Crippen molar-refractivity contribution in [1.82, 2.24) is 10.2 Å². The summed E-state index contributed by atoms with van der Waals surface area (Å²) in [5, 5.41) is 13.2. The number of thiophene rings is 1. The molecule has 0 aliphatic carbocycles. The van der Waals surface area contributed by atoms with Crippen LogP contribution in [0.25, 0.3) is 10.8 Å². The summed E-state index contributed by atoms with van der Waals surface area (Å²) in [6.07, 6.45) is 0. The topological polar surface area (TPSA) is 55.5 Å². The molecule has 2 heterocycles. The summed E-state index contributed by atoms with van der Waals surface area (Å²) in [6.45, 7) is 4.20. The molecular weight excluding hydrogens is 318 g/mol. The maximum atomic E-state index is 6.05. The molecule has 0 bridgehead atoms.